The Labute approximate surface area is 110 Å². The molecule has 18 heavy (non-hydrogen) atoms. The topological polar surface area (TPSA) is 30.5 Å². The SMILES string of the molecule is CCCNC(CC)c1ccc(OCOCC)cc1. The molecule has 0 radical (unpaired) electrons. The minimum Gasteiger partial charge on any atom is -0.468 e. The van der Waals surface area contributed by atoms with Gasteiger partial charge in [0.25, 0.3) is 0 Å². The van der Waals surface area contributed by atoms with Gasteiger partial charge in [0.1, 0.15) is 5.75 Å². The molecule has 0 spiro atoms. The van der Waals surface area contributed by atoms with E-state index in [2.05, 4.69) is 31.3 Å². The largest absolute Gasteiger partial charge is 0.468 e. The zero-order valence-corrected chi connectivity index (χ0v) is 11.7. The Bertz CT molecular complexity index is 311. The van der Waals surface area contributed by atoms with E-state index in [1.807, 2.05) is 19.1 Å². The van der Waals surface area contributed by atoms with Crippen LogP contribution in [0.2, 0.25) is 0 Å². The Morgan fingerprint density at radius 2 is 1.83 bits per heavy atom. The van der Waals surface area contributed by atoms with Gasteiger partial charge in [-0.3, -0.25) is 0 Å². The lowest BCUT2D eigenvalue weighted by Crippen LogP contribution is -2.21. The minimum atomic E-state index is 0.321. The lowest BCUT2D eigenvalue weighted by molar-refractivity contribution is 0.0224. The molecule has 0 bridgehead atoms. The predicted molar refractivity (Wildman–Crippen MR) is 74.9 cm³/mol. The molecule has 1 rings (SSSR count). The van der Waals surface area contributed by atoms with Gasteiger partial charge in [-0.1, -0.05) is 26.0 Å². The molecule has 0 aromatic heterocycles. The lowest BCUT2D eigenvalue weighted by atomic mass is 10.0. The first-order chi connectivity index (χ1) is 8.81. The summed E-state index contributed by atoms with van der Waals surface area (Å²) in [6, 6.07) is 8.69. The van der Waals surface area contributed by atoms with Gasteiger partial charge in [-0.2, -0.15) is 0 Å². The third-order valence-electron chi connectivity index (χ3n) is 2.84. The van der Waals surface area contributed by atoms with E-state index in [1.165, 1.54) is 5.56 Å². The van der Waals surface area contributed by atoms with E-state index < -0.39 is 0 Å². The first kappa shape index (κ1) is 15.0. The normalized spacial score (nSPS) is 12.4. The van der Waals surface area contributed by atoms with Crippen molar-refractivity contribution in [3.05, 3.63) is 29.8 Å². The van der Waals surface area contributed by atoms with Gasteiger partial charge in [0, 0.05) is 12.6 Å². The molecular formula is C15H25NO2. The van der Waals surface area contributed by atoms with Crippen molar-refractivity contribution in [2.75, 3.05) is 19.9 Å². The van der Waals surface area contributed by atoms with Crippen molar-refractivity contribution in [2.45, 2.75) is 39.7 Å². The van der Waals surface area contributed by atoms with Crippen molar-refractivity contribution in [3.8, 4) is 5.75 Å². The molecule has 1 aromatic carbocycles. The lowest BCUT2D eigenvalue weighted by Gasteiger charge is -2.17. The van der Waals surface area contributed by atoms with Crippen molar-refractivity contribution < 1.29 is 9.47 Å². The van der Waals surface area contributed by atoms with E-state index in [4.69, 9.17) is 9.47 Å². The molecule has 1 unspecified atom stereocenters. The maximum absolute atomic E-state index is 5.45. The molecule has 1 atom stereocenters. The van der Waals surface area contributed by atoms with Crippen LogP contribution >= 0.6 is 0 Å². The fourth-order valence-corrected chi connectivity index (χ4v) is 1.81. The fourth-order valence-electron chi connectivity index (χ4n) is 1.81. The summed E-state index contributed by atoms with van der Waals surface area (Å²) in [5, 5.41) is 3.54. The maximum Gasteiger partial charge on any atom is 0.189 e. The summed E-state index contributed by atoms with van der Waals surface area (Å²) in [4.78, 5) is 0. The van der Waals surface area contributed by atoms with Crippen LogP contribution in [0.25, 0.3) is 0 Å². The van der Waals surface area contributed by atoms with Gasteiger partial charge < -0.3 is 14.8 Å². The van der Waals surface area contributed by atoms with Crippen LogP contribution in [-0.2, 0) is 4.74 Å². The second-order valence-electron chi connectivity index (χ2n) is 4.24. The first-order valence-corrected chi connectivity index (χ1v) is 6.85. The molecule has 0 heterocycles. The summed E-state index contributed by atoms with van der Waals surface area (Å²) in [6.07, 6.45) is 2.26. The van der Waals surface area contributed by atoms with Crippen LogP contribution in [0.1, 0.15) is 45.2 Å². The molecule has 0 aliphatic rings. The highest BCUT2D eigenvalue weighted by Crippen LogP contribution is 2.20. The van der Waals surface area contributed by atoms with Crippen LogP contribution in [0.15, 0.2) is 24.3 Å². The molecule has 1 aromatic rings. The standard InChI is InChI=1S/C15H25NO2/c1-4-11-16-15(5-2)13-7-9-14(10-8-13)18-12-17-6-3/h7-10,15-16H,4-6,11-12H2,1-3H3. The van der Waals surface area contributed by atoms with Gasteiger partial charge in [0.2, 0.25) is 0 Å². The number of nitrogens with one attached hydrogen (secondary N) is 1. The zero-order chi connectivity index (χ0) is 13.2. The van der Waals surface area contributed by atoms with Crippen LogP contribution in [-0.4, -0.2) is 19.9 Å². The Hall–Kier alpha value is -1.06. The van der Waals surface area contributed by atoms with Gasteiger partial charge in [-0.05, 0) is 44.0 Å². The maximum atomic E-state index is 5.45. The van der Waals surface area contributed by atoms with E-state index in [0.29, 0.717) is 19.4 Å². The Morgan fingerprint density at radius 1 is 1.11 bits per heavy atom. The van der Waals surface area contributed by atoms with Crippen molar-refractivity contribution in [3.63, 3.8) is 0 Å². The van der Waals surface area contributed by atoms with Crippen LogP contribution in [0.4, 0.5) is 0 Å². The van der Waals surface area contributed by atoms with Crippen molar-refractivity contribution in [2.24, 2.45) is 0 Å². The quantitative estimate of drug-likeness (QED) is 0.538. The van der Waals surface area contributed by atoms with E-state index >= 15 is 0 Å². The monoisotopic (exact) mass is 251 g/mol. The van der Waals surface area contributed by atoms with E-state index in [1.54, 1.807) is 0 Å². The summed E-state index contributed by atoms with van der Waals surface area (Å²) in [5.41, 5.74) is 1.31. The number of rotatable bonds is 9. The minimum absolute atomic E-state index is 0.321. The van der Waals surface area contributed by atoms with Gasteiger partial charge in [0.05, 0.1) is 0 Å². The predicted octanol–water partition coefficient (Wildman–Crippen LogP) is 3.51. The van der Waals surface area contributed by atoms with Crippen LogP contribution < -0.4 is 10.1 Å². The Morgan fingerprint density at radius 3 is 2.39 bits per heavy atom. The van der Waals surface area contributed by atoms with Gasteiger partial charge in [0.15, 0.2) is 6.79 Å². The molecule has 0 fully saturated rings. The molecule has 0 aliphatic heterocycles. The summed E-state index contributed by atoms with van der Waals surface area (Å²) < 4.78 is 10.6. The Balaban J connectivity index is 2.51. The first-order valence-electron chi connectivity index (χ1n) is 6.85. The second-order valence-corrected chi connectivity index (χ2v) is 4.24. The van der Waals surface area contributed by atoms with Crippen LogP contribution in [0.3, 0.4) is 0 Å². The smallest absolute Gasteiger partial charge is 0.189 e. The van der Waals surface area contributed by atoms with Crippen molar-refractivity contribution in [1.29, 1.82) is 0 Å². The third-order valence-corrected chi connectivity index (χ3v) is 2.84. The highest BCUT2D eigenvalue weighted by Gasteiger charge is 2.07. The van der Waals surface area contributed by atoms with Crippen LogP contribution in [0, 0.1) is 0 Å². The number of hydrogen-bond donors (Lipinski definition) is 1. The average Bonchev–Trinajstić information content (AvgIpc) is 2.41. The molecule has 1 N–H and O–H groups in total. The third kappa shape index (κ3) is 5.07. The molecule has 0 aliphatic carbocycles. The molecule has 0 saturated heterocycles. The zero-order valence-electron chi connectivity index (χ0n) is 11.7. The van der Waals surface area contributed by atoms with Gasteiger partial charge >= 0.3 is 0 Å². The van der Waals surface area contributed by atoms with E-state index in [0.717, 1.165) is 25.1 Å². The summed E-state index contributed by atoms with van der Waals surface area (Å²) in [7, 11) is 0. The van der Waals surface area contributed by atoms with Gasteiger partial charge in [-0.25, -0.2) is 0 Å². The highest BCUT2D eigenvalue weighted by atomic mass is 16.7. The Kier molecular flexibility index (Phi) is 7.46. The van der Waals surface area contributed by atoms with E-state index in [9.17, 15) is 0 Å². The summed E-state index contributed by atoms with van der Waals surface area (Å²) in [6.45, 7) is 8.40. The molecular weight excluding hydrogens is 226 g/mol. The summed E-state index contributed by atoms with van der Waals surface area (Å²) >= 11 is 0. The van der Waals surface area contributed by atoms with Gasteiger partial charge in [-0.15, -0.1) is 0 Å². The average molecular weight is 251 g/mol. The van der Waals surface area contributed by atoms with Crippen LogP contribution in [0.5, 0.6) is 5.75 Å². The summed E-state index contributed by atoms with van der Waals surface area (Å²) in [5.74, 6) is 0.859. The highest BCUT2D eigenvalue weighted by molar-refractivity contribution is 5.29. The molecule has 3 heteroatoms. The second kappa shape index (κ2) is 8.95. The molecule has 0 amide bonds. The van der Waals surface area contributed by atoms with E-state index in [-0.39, 0.29) is 0 Å². The van der Waals surface area contributed by atoms with Crippen molar-refractivity contribution >= 4 is 0 Å². The molecule has 3 nitrogen and oxygen atoms in total. The molecule has 102 valence electrons. The molecule has 0 saturated carbocycles. The number of ether oxygens (including phenoxy) is 2. The number of hydrogen-bond acceptors (Lipinski definition) is 3. The number of benzene rings is 1. The van der Waals surface area contributed by atoms with Crippen molar-refractivity contribution in [1.82, 2.24) is 5.32 Å². The fraction of sp³-hybridized carbons (Fsp3) is 0.600.